The van der Waals surface area contributed by atoms with Crippen LogP contribution in [0.15, 0.2) is 48.7 Å². The van der Waals surface area contributed by atoms with Crippen molar-refractivity contribution in [1.29, 1.82) is 0 Å². The minimum Gasteiger partial charge on any atom is -0.310 e. The van der Waals surface area contributed by atoms with Crippen LogP contribution in [0.4, 0.5) is 33.7 Å². The van der Waals surface area contributed by atoms with Crippen molar-refractivity contribution < 1.29 is 22.4 Å². The maximum atomic E-state index is 13.9. The summed E-state index contributed by atoms with van der Waals surface area (Å²) in [5, 5.41) is 16.0. The fourth-order valence-electron chi connectivity index (χ4n) is 4.27. The summed E-state index contributed by atoms with van der Waals surface area (Å²) in [4.78, 5) is 23.7. The summed E-state index contributed by atoms with van der Waals surface area (Å²) in [6.45, 7) is 8.98. The third kappa shape index (κ3) is 7.98. The second-order valence-electron chi connectivity index (χ2n) is 9.38. The molecule has 0 saturated heterocycles. The van der Waals surface area contributed by atoms with E-state index in [1.165, 1.54) is 0 Å². The highest BCUT2D eigenvalue weighted by Crippen LogP contribution is 2.32. The van der Waals surface area contributed by atoms with E-state index in [-0.39, 0.29) is 0 Å². The number of unbranched alkanes of at least 4 members (excludes halogenated alkanes) is 1. The summed E-state index contributed by atoms with van der Waals surface area (Å²) < 4.78 is 52.7. The second-order valence-corrected chi connectivity index (χ2v) is 9.38. The number of nitrogens with one attached hydrogen (secondary N) is 4. The SMILES string of the molecule is CCN(CC)CCCCNCc1ncc2c(-c3ccc(NC(=O)Nc4cc(C(F)(F)F)ccc4F)cc3)[nH]nc2n1. The molecular formula is C28H32F4N8O. The Hall–Kier alpha value is -4.10. The number of hydrogen-bond acceptors (Lipinski definition) is 6. The smallest absolute Gasteiger partial charge is 0.310 e. The van der Waals surface area contributed by atoms with Crippen molar-refractivity contribution in [2.75, 3.05) is 36.8 Å². The van der Waals surface area contributed by atoms with Crippen LogP contribution >= 0.6 is 0 Å². The van der Waals surface area contributed by atoms with Crippen LogP contribution in [0.2, 0.25) is 0 Å². The predicted octanol–water partition coefficient (Wildman–Crippen LogP) is 6.03. The number of hydrogen-bond donors (Lipinski definition) is 4. The molecule has 13 heteroatoms. The molecule has 2 heterocycles. The van der Waals surface area contributed by atoms with Gasteiger partial charge in [-0.25, -0.2) is 19.2 Å². The van der Waals surface area contributed by atoms with Gasteiger partial charge in [-0.3, -0.25) is 5.10 Å². The van der Waals surface area contributed by atoms with Crippen molar-refractivity contribution in [3.8, 4) is 11.3 Å². The molecule has 2 aromatic heterocycles. The maximum Gasteiger partial charge on any atom is 0.416 e. The number of urea groups is 1. The average molecular weight is 573 g/mol. The Kier molecular flexibility index (Phi) is 9.84. The Morgan fingerprint density at radius 1 is 1.02 bits per heavy atom. The zero-order valence-corrected chi connectivity index (χ0v) is 22.8. The first-order valence-electron chi connectivity index (χ1n) is 13.4. The highest BCUT2D eigenvalue weighted by molar-refractivity contribution is 6.00. The molecule has 0 radical (unpaired) electrons. The number of benzene rings is 2. The summed E-state index contributed by atoms with van der Waals surface area (Å²) in [5.74, 6) is -0.344. The molecule has 0 spiro atoms. The standard InChI is InChI=1S/C28H32F4N8O/c1-3-40(4-2)14-6-5-13-33-17-24-34-16-21-25(38-39-26(21)37-24)18-7-10-20(11-8-18)35-27(41)36-23-15-19(28(30,31)32)9-12-22(23)29/h7-12,15-16,33H,3-6,13-14,17H2,1-2H3,(H2,35,36,41)(H,34,37,38,39). The van der Waals surface area contributed by atoms with Gasteiger partial charge in [0.15, 0.2) is 5.65 Å². The lowest BCUT2D eigenvalue weighted by molar-refractivity contribution is -0.137. The normalized spacial score (nSPS) is 11.8. The van der Waals surface area contributed by atoms with Gasteiger partial charge in [-0.05, 0) is 69.4 Å². The number of carbonyl (C=O) groups excluding carboxylic acids is 1. The van der Waals surface area contributed by atoms with Crippen molar-refractivity contribution in [3.63, 3.8) is 0 Å². The van der Waals surface area contributed by atoms with E-state index in [1.807, 2.05) is 0 Å². The molecule has 41 heavy (non-hydrogen) atoms. The Morgan fingerprint density at radius 2 is 1.78 bits per heavy atom. The summed E-state index contributed by atoms with van der Waals surface area (Å²) in [6.07, 6.45) is -0.756. The first kappa shape index (κ1) is 29.9. The van der Waals surface area contributed by atoms with Crippen LogP contribution in [0.25, 0.3) is 22.3 Å². The van der Waals surface area contributed by atoms with Crippen LogP contribution < -0.4 is 16.0 Å². The van der Waals surface area contributed by atoms with Crippen molar-refractivity contribution in [2.45, 2.75) is 39.4 Å². The number of rotatable bonds is 12. The Bertz CT molecular complexity index is 1450. The van der Waals surface area contributed by atoms with Crippen molar-refractivity contribution in [2.24, 2.45) is 0 Å². The van der Waals surface area contributed by atoms with E-state index >= 15 is 0 Å². The quantitative estimate of drug-likeness (QED) is 0.122. The van der Waals surface area contributed by atoms with Crippen molar-refractivity contribution in [1.82, 2.24) is 30.4 Å². The van der Waals surface area contributed by atoms with Crippen LogP contribution in [0.1, 0.15) is 38.1 Å². The van der Waals surface area contributed by atoms with Crippen molar-refractivity contribution in [3.05, 3.63) is 65.9 Å². The molecule has 218 valence electrons. The predicted molar refractivity (Wildman–Crippen MR) is 150 cm³/mol. The largest absolute Gasteiger partial charge is 0.416 e. The van der Waals surface area contributed by atoms with Gasteiger partial charge in [-0.1, -0.05) is 26.0 Å². The molecule has 0 saturated carbocycles. The lowest BCUT2D eigenvalue weighted by atomic mass is 10.1. The van der Waals surface area contributed by atoms with Crippen LogP contribution in [-0.4, -0.2) is 57.3 Å². The summed E-state index contributed by atoms with van der Waals surface area (Å²) in [7, 11) is 0. The van der Waals surface area contributed by atoms with Crippen LogP contribution in [0, 0.1) is 5.82 Å². The molecule has 0 aliphatic carbocycles. The lowest BCUT2D eigenvalue weighted by Gasteiger charge is -2.17. The molecule has 0 aliphatic rings. The highest BCUT2D eigenvalue weighted by Gasteiger charge is 2.31. The van der Waals surface area contributed by atoms with Crippen LogP contribution in [0.5, 0.6) is 0 Å². The van der Waals surface area contributed by atoms with E-state index in [9.17, 15) is 22.4 Å². The van der Waals surface area contributed by atoms with E-state index < -0.39 is 29.3 Å². The fourth-order valence-corrected chi connectivity index (χ4v) is 4.27. The number of carbonyl (C=O) groups is 1. The van der Waals surface area contributed by atoms with Gasteiger partial charge >= 0.3 is 12.2 Å². The molecule has 2 aromatic carbocycles. The van der Waals surface area contributed by atoms with Gasteiger partial charge in [0, 0.05) is 17.4 Å². The lowest BCUT2D eigenvalue weighted by Crippen LogP contribution is -2.25. The number of amides is 2. The Labute approximate surface area is 234 Å². The third-order valence-electron chi connectivity index (χ3n) is 6.59. The number of nitrogens with zero attached hydrogens (tertiary/aromatic N) is 4. The average Bonchev–Trinajstić information content (AvgIpc) is 3.37. The molecule has 0 aliphatic heterocycles. The van der Waals surface area contributed by atoms with E-state index in [1.54, 1.807) is 30.5 Å². The fraction of sp³-hybridized carbons (Fsp3) is 0.357. The van der Waals surface area contributed by atoms with Gasteiger partial charge in [0.1, 0.15) is 11.6 Å². The zero-order valence-electron chi connectivity index (χ0n) is 22.8. The van der Waals surface area contributed by atoms with Crippen LogP contribution in [0.3, 0.4) is 0 Å². The number of fused-ring (bicyclic) bond motifs is 1. The maximum absolute atomic E-state index is 13.9. The monoisotopic (exact) mass is 572 g/mol. The number of anilines is 2. The van der Waals surface area contributed by atoms with Gasteiger partial charge in [0.2, 0.25) is 0 Å². The summed E-state index contributed by atoms with van der Waals surface area (Å²) >= 11 is 0. The van der Waals surface area contributed by atoms with Crippen LogP contribution in [-0.2, 0) is 12.7 Å². The van der Waals surface area contributed by atoms with Gasteiger partial charge in [-0.15, -0.1) is 0 Å². The molecule has 0 bridgehead atoms. The Balaban J connectivity index is 1.32. The van der Waals surface area contributed by atoms with E-state index in [0.29, 0.717) is 47.6 Å². The topological polar surface area (TPSA) is 111 Å². The summed E-state index contributed by atoms with van der Waals surface area (Å²) in [6, 6.07) is 7.56. The van der Waals surface area contributed by atoms with Gasteiger partial charge in [0.05, 0.1) is 28.9 Å². The number of aromatic amines is 1. The summed E-state index contributed by atoms with van der Waals surface area (Å²) in [5.41, 5.74) is 0.673. The van der Waals surface area contributed by atoms with E-state index in [2.05, 4.69) is 54.9 Å². The molecule has 0 atom stereocenters. The highest BCUT2D eigenvalue weighted by atomic mass is 19.4. The first-order valence-corrected chi connectivity index (χ1v) is 13.4. The van der Waals surface area contributed by atoms with Crippen molar-refractivity contribution >= 4 is 28.4 Å². The number of alkyl halides is 3. The van der Waals surface area contributed by atoms with E-state index in [0.717, 1.165) is 50.0 Å². The van der Waals surface area contributed by atoms with Gasteiger partial charge in [0.25, 0.3) is 0 Å². The van der Waals surface area contributed by atoms with E-state index in [4.69, 9.17) is 0 Å². The Morgan fingerprint density at radius 3 is 2.49 bits per heavy atom. The molecule has 4 aromatic rings. The third-order valence-corrected chi connectivity index (χ3v) is 6.59. The number of halogens is 4. The van der Waals surface area contributed by atoms with Gasteiger partial charge < -0.3 is 20.9 Å². The zero-order chi connectivity index (χ0) is 29.4. The number of H-pyrrole nitrogens is 1. The molecule has 4 rings (SSSR count). The molecular weight excluding hydrogens is 540 g/mol. The minimum absolute atomic E-state index is 0.351. The molecule has 4 N–H and O–H groups in total. The molecule has 0 fully saturated rings. The van der Waals surface area contributed by atoms with Gasteiger partial charge in [-0.2, -0.15) is 18.3 Å². The minimum atomic E-state index is -4.66. The molecule has 2 amide bonds. The molecule has 0 unspecified atom stereocenters. The second kappa shape index (κ2) is 13.5. The molecule has 9 nitrogen and oxygen atoms in total. The first-order chi connectivity index (χ1) is 19.7. The number of aromatic nitrogens is 4.